The molecule has 1 amide bonds. The van der Waals surface area contributed by atoms with Crippen LogP contribution in [0.1, 0.15) is 57.9 Å². The van der Waals surface area contributed by atoms with E-state index in [0.717, 1.165) is 57.7 Å². The lowest BCUT2D eigenvalue weighted by Gasteiger charge is -2.37. The summed E-state index contributed by atoms with van der Waals surface area (Å²) in [6.45, 7) is 8.25. The Balaban J connectivity index is 1.43. The summed E-state index contributed by atoms with van der Waals surface area (Å²) in [6, 6.07) is 0.607. The van der Waals surface area contributed by atoms with Crippen LogP contribution in [0, 0.1) is 11.8 Å². The van der Waals surface area contributed by atoms with Gasteiger partial charge >= 0.3 is 0 Å². The maximum absolute atomic E-state index is 12.7. The predicted octanol–water partition coefficient (Wildman–Crippen LogP) is 2.20. The second-order valence-corrected chi connectivity index (χ2v) is 8.34. The molecule has 0 saturated carbocycles. The second-order valence-electron chi connectivity index (χ2n) is 8.34. The number of carbonyl (C=O) groups is 1. The molecule has 2 saturated heterocycles. The van der Waals surface area contributed by atoms with Gasteiger partial charge in [-0.1, -0.05) is 0 Å². The molecule has 0 aliphatic carbocycles. The molecule has 1 aromatic rings. The fourth-order valence-corrected chi connectivity index (χ4v) is 4.39. The predicted molar refractivity (Wildman–Crippen MR) is 102 cm³/mol. The SMILES string of the molecule is CC(C)N1CCC(CC(=O)N2CCC([C@H](O)c3nccn3C)CC2)CC1. The first-order valence-electron chi connectivity index (χ1n) is 10.1. The maximum atomic E-state index is 12.7. The highest BCUT2D eigenvalue weighted by Crippen LogP contribution is 2.30. The molecule has 6 heteroatoms. The Labute approximate surface area is 157 Å². The number of amides is 1. The highest BCUT2D eigenvalue weighted by Gasteiger charge is 2.31. The van der Waals surface area contributed by atoms with Gasteiger partial charge < -0.3 is 19.5 Å². The molecule has 6 nitrogen and oxygen atoms in total. The molecule has 2 aliphatic heterocycles. The van der Waals surface area contributed by atoms with E-state index >= 15 is 0 Å². The van der Waals surface area contributed by atoms with Gasteiger partial charge in [0.25, 0.3) is 0 Å². The van der Waals surface area contributed by atoms with Gasteiger partial charge in [0.05, 0.1) is 0 Å². The van der Waals surface area contributed by atoms with Gasteiger partial charge in [-0.2, -0.15) is 0 Å². The largest absolute Gasteiger partial charge is 0.385 e. The van der Waals surface area contributed by atoms with Crippen LogP contribution in [0.15, 0.2) is 12.4 Å². The molecule has 0 spiro atoms. The Morgan fingerprint density at radius 3 is 2.38 bits per heavy atom. The van der Waals surface area contributed by atoms with E-state index in [-0.39, 0.29) is 5.92 Å². The first-order valence-corrected chi connectivity index (χ1v) is 10.1. The number of likely N-dealkylation sites (tertiary alicyclic amines) is 2. The van der Waals surface area contributed by atoms with Gasteiger partial charge in [-0.05, 0) is 64.5 Å². The van der Waals surface area contributed by atoms with Crippen molar-refractivity contribution in [1.82, 2.24) is 19.4 Å². The van der Waals surface area contributed by atoms with Crippen molar-refractivity contribution in [2.45, 2.75) is 58.1 Å². The minimum Gasteiger partial charge on any atom is -0.385 e. The molecule has 2 fully saturated rings. The van der Waals surface area contributed by atoms with Crippen molar-refractivity contribution in [3.63, 3.8) is 0 Å². The fourth-order valence-electron chi connectivity index (χ4n) is 4.39. The lowest BCUT2D eigenvalue weighted by atomic mass is 9.89. The number of hydrogen-bond donors (Lipinski definition) is 1. The molecule has 146 valence electrons. The van der Waals surface area contributed by atoms with Crippen LogP contribution >= 0.6 is 0 Å². The number of aromatic nitrogens is 2. The van der Waals surface area contributed by atoms with Gasteiger partial charge in [-0.3, -0.25) is 4.79 Å². The van der Waals surface area contributed by atoms with Crippen LogP contribution in [-0.4, -0.2) is 62.6 Å². The molecule has 0 bridgehead atoms. The van der Waals surface area contributed by atoms with Crippen LogP contribution in [0.25, 0.3) is 0 Å². The minimum atomic E-state index is -0.535. The van der Waals surface area contributed by atoms with E-state index in [0.29, 0.717) is 24.3 Å². The molecule has 26 heavy (non-hydrogen) atoms. The van der Waals surface area contributed by atoms with Crippen LogP contribution in [0.3, 0.4) is 0 Å². The minimum absolute atomic E-state index is 0.189. The molecular formula is C20H34N4O2. The molecule has 1 N–H and O–H groups in total. The number of hydrogen-bond acceptors (Lipinski definition) is 4. The number of imidazole rings is 1. The topological polar surface area (TPSA) is 61.6 Å². The Morgan fingerprint density at radius 1 is 1.19 bits per heavy atom. The highest BCUT2D eigenvalue weighted by molar-refractivity contribution is 5.76. The first kappa shape index (κ1) is 19.4. The van der Waals surface area contributed by atoms with Gasteiger partial charge in [0.1, 0.15) is 11.9 Å². The van der Waals surface area contributed by atoms with E-state index in [1.807, 2.05) is 22.7 Å². The normalized spacial score (nSPS) is 22.1. The number of piperidine rings is 2. The van der Waals surface area contributed by atoms with Crippen LogP contribution in [0.2, 0.25) is 0 Å². The first-order chi connectivity index (χ1) is 12.5. The van der Waals surface area contributed by atoms with Gasteiger partial charge in [-0.15, -0.1) is 0 Å². The Hall–Kier alpha value is -1.40. The fraction of sp³-hybridized carbons (Fsp3) is 0.800. The maximum Gasteiger partial charge on any atom is 0.222 e. The molecule has 1 aromatic heterocycles. The number of aliphatic hydroxyl groups is 1. The van der Waals surface area contributed by atoms with Gasteiger partial charge in [0.2, 0.25) is 5.91 Å². The third kappa shape index (κ3) is 4.46. The third-order valence-electron chi connectivity index (χ3n) is 6.30. The van der Waals surface area contributed by atoms with Crippen LogP contribution in [-0.2, 0) is 11.8 Å². The monoisotopic (exact) mass is 362 g/mol. The molecule has 0 aromatic carbocycles. The lowest BCUT2D eigenvalue weighted by Crippen LogP contribution is -2.42. The summed E-state index contributed by atoms with van der Waals surface area (Å²) in [5.41, 5.74) is 0. The molecule has 3 rings (SSSR count). The van der Waals surface area contributed by atoms with Crippen LogP contribution < -0.4 is 0 Å². The van der Waals surface area contributed by atoms with E-state index in [9.17, 15) is 9.90 Å². The molecule has 1 atom stereocenters. The van der Waals surface area contributed by atoms with Crippen LogP contribution in [0.5, 0.6) is 0 Å². The standard InChI is InChI=1S/C20H34N4O2/c1-15(2)23-9-4-16(5-10-23)14-18(25)24-11-6-17(7-12-24)19(26)20-21-8-13-22(20)3/h8,13,15-17,19,26H,4-7,9-12,14H2,1-3H3/t19-/m0/s1. The lowest BCUT2D eigenvalue weighted by molar-refractivity contribution is -0.134. The average molecular weight is 363 g/mol. The van der Waals surface area contributed by atoms with Gasteiger partial charge in [0.15, 0.2) is 0 Å². The highest BCUT2D eigenvalue weighted by atomic mass is 16.3. The van der Waals surface area contributed by atoms with E-state index in [1.165, 1.54) is 0 Å². The number of aryl methyl sites for hydroxylation is 1. The summed E-state index contributed by atoms with van der Waals surface area (Å²) in [5, 5.41) is 10.6. The number of rotatable bonds is 5. The molecule has 0 unspecified atom stereocenters. The van der Waals surface area contributed by atoms with Crippen molar-refractivity contribution in [2.24, 2.45) is 18.9 Å². The zero-order chi connectivity index (χ0) is 18.7. The van der Waals surface area contributed by atoms with Crippen molar-refractivity contribution in [1.29, 1.82) is 0 Å². The molecule has 2 aliphatic rings. The molecular weight excluding hydrogens is 328 g/mol. The zero-order valence-electron chi connectivity index (χ0n) is 16.5. The summed E-state index contributed by atoms with van der Waals surface area (Å²) in [4.78, 5) is 21.5. The summed E-state index contributed by atoms with van der Waals surface area (Å²) in [7, 11) is 1.91. The van der Waals surface area contributed by atoms with Crippen molar-refractivity contribution in [3.05, 3.63) is 18.2 Å². The molecule has 0 radical (unpaired) electrons. The summed E-state index contributed by atoms with van der Waals surface area (Å²) < 4.78 is 1.88. The van der Waals surface area contributed by atoms with E-state index < -0.39 is 6.10 Å². The van der Waals surface area contributed by atoms with Gasteiger partial charge in [-0.25, -0.2) is 4.98 Å². The Bertz CT molecular complexity index is 584. The van der Waals surface area contributed by atoms with Crippen molar-refractivity contribution < 1.29 is 9.90 Å². The van der Waals surface area contributed by atoms with Crippen molar-refractivity contribution >= 4 is 5.91 Å². The van der Waals surface area contributed by atoms with E-state index in [4.69, 9.17) is 0 Å². The third-order valence-corrected chi connectivity index (χ3v) is 6.30. The van der Waals surface area contributed by atoms with Gasteiger partial charge in [0, 0.05) is 45.0 Å². The quantitative estimate of drug-likeness (QED) is 0.872. The van der Waals surface area contributed by atoms with E-state index in [1.54, 1.807) is 6.20 Å². The van der Waals surface area contributed by atoms with Crippen molar-refractivity contribution in [3.8, 4) is 0 Å². The van der Waals surface area contributed by atoms with Crippen molar-refractivity contribution in [2.75, 3.05) is 26.2 Å². The summed E-state index contributed by atoms with van der Waals surface area (Å²) >= 11 is 0. The summed E-state index contributed by atoms with van der Waals surface area (Å²) in [5.74, 6) is 1.76. The average Bonchev–Trinajstić information content (AvgIpc) is 3.07. The van der Waals surface area contributed by atoms with E-state index in [2.05, 4.69) is 23.7 Å². The second kappa shape index (κ2) is 8.53. The molecule has 3 heterocycles. The summed E-state index contributed by atoms with van der Waals surface area (Å²) in [6.07, 6.45) is 7.73. The van der Waals surface area contributed by atoms with Crippen LogP contribution in [0.4, 0.5) is 0 Å². The number of aliphatic hydroxyl groups excluding tert-OH is 1. The number of carbonyl (C=O) groups excluding carboxylic acids is 1. The smallest absolute Gasteiger partial charge is 0.222 e. The Morgan fingerprint density at radius 2 is 1.85 bits per heavy atom. The zero-order valence-corrected chi connectivity index (χ0v) is 16.5. The Kier molecular flexibility index (Phi) is 6.35. The number of nitrogens with zero attached hydrogens (tertiary/aromatic N) is 4.